The maximum Gasteiger partial charge on any atom is 0.242 e. The number of hydrogen-bond donors (Lipinski definition) is 1. The number of rotatable bonds is 4. The molecule has 1 amide bonds. The lowest BCUT2D eigenvalue weighted by molar-refractivity contribution is -0.136. The minimum Gasteiger partial charge on any atom is -0.376 e. The molecule has 2 aromatic rings. The first-order valence-corrected chi connectivity index (χ1v) is 8.02. The van der Waals surface area contributed by atoms with Gasteiger partial charge in [0.05, 0.1) is 19.3 Å². The van der Waals surface area contributed by atoms with Gasteiger partial charge in [-0.15, -0.1) is 0 Å². The van der Waals surface area contributed by atoms with Gasteiger partial charge >= 0.3 is 0 Å². The third-order valence-electron chi connectivity index (χ3n) is 4.04. The Morgan fingerprint density at radius 2 is 1.91 bits per heavy atom. The summed E-state index contributed by atoms with van der Waals surface area (Å²) in [5, 5.41) is 3.29. The summed E-state index contributed by atoms with van der Waals surface area (Å²) in [6.07, 6.45) is 0.115. The van der Waals surface area contributed by atoms with E-state index in [-0.39, 0.29) is 12.0 Å². The molecule has 1 aliphatic heterocycles. The van der Waals surface area contributed by atoms with Crippen molar-refractivity contribution in [1.82, 2.24) is 4.90 Å². The lowest BCUT2D eigenvalue weighted by Crippen LogP contribution is -2.46. The molecule has 1 N–H and O–H groups in total. The number of carbonyl (C=O) groups excluding carboxylic acids is 1. The van der Waals surface area contributed by atoms with Gasteiger partial charge in [-0.05, 0) is 18.6 Å². The normalized spacial score (nSPS) is 17.8. The average Bonchev–Trinajstić information content (AvgIpc) is 2.60. The Balaban J connectivity index is 1.68. The molecule has 1 aliphatic rings. The summed E-state index contributed by atoms with van der Waals surface area (Å²) in [5.74, 6) is 0.114. The Morgan fingerprint density at radius 3 is 2.70 bits per heavy atom. The summed E-state index contributed by atoms with van der Waals surface area (Å²) in [4.78, 5) is 14.2. The van der Waals surface area contributed by atoms with Gasteiger partial charge in [0.25, 0.3) is 0 Å². The third-order valence-corrected chi connectivity index (χ3v) is 4.04. The predicted octanol–water partition coefficient (Wildman–Crippen LogP) is 3.01. The van der Waals surface area contributed by atoms with Crippen molar-refractivity contribution in [1.29, 1.82) is 0 Å². The van der Waals surface area contributed by atoms with Gasteiger partial charge in [0, 0.05) is 24.3 Å². The second-order valence-electron chi connectivity index (χ2n) is 5.79. The van der Waals surface area contributed by atoms with E-state index in [0.29, 0.717) is 26.2 Å². The number of para-hydroxylation sites is 1. The van der Waals surface area contributed by atoms with Crippen LogP contribution in [0.25, 0.3) is 11.1 Å². The van der Waals surface area contributed by atoms with E-state index in [9.17, 15) is 4.79 Å². The minimum absolute atomic E-state index is 0.114. The molecular formula is C19H22N2O2. The zero-order chi connectivity index (χ0) is 16.1. The maximum absolute atomic E-state index is 12.4. The quantitative estimate of drug-likeness (QED) is 0.944. The first-order valence-electron chi connectivity index (χ1n) is 8.02. The van der Waals surface area contributed by atoms with Gasteiger partial charge < -0.3 is 15.0 Å². The summed E-state index contributed by atoms with van der Waals surface area (Å²) in [5.41, 5.74) is 3.23. The van der Waals surface area contributed by atoms with Crippen LogP contribution < -0.4 is 5.32 Å². The number of amides is 1. The highest BCUT2D eigenvalue weighted by Crippen LogP contribution is 2.27. The molecule has 0 saturated carbocycles. The SMILES string of the molecule is C[C@H]1CN(C(=O)CNc2ccccc2-c2ccccc2)CCO1. The molecule has 0 unspecified atom stereocenters. The van der Waals surface area contributed by atoms with Crippen molar-refractivity contribution < 1.29 is 9.53 Å². The Labute approximate surface area is 137 Å². The van der Waals surface area contributed by atoms with Gasteiger partial charge in [-0.1, -0.05) is 48.5 Å². The fourth-order valence-electron chi connectivity index (χ4n) is 2.83. The summed E-state index contributed by atoms with van der Waals surface area (Å²) in [7, 11) is 0. The Kier molecular flexibility index (Phi) is 4.93. The summed E-state index contributed by atoms with van der Waals surface area (Å²) < 4.78 is 5.48. The average molecular weight is 310 g/mol. The lowest BCUT2D eigenvalue weighted by Gasteiger charge is -2.31. The number of benzene rings is 2. The summed E-state index contributed by atoms with van der Waals surface area (Å²) in [6.45, 7) is 4.26. The first-order chi connectivity index (χ1) is 11.2. The lowest BCUT2D eigenvalue weighted by atomic mass is 10.0. The van der Waals surface area contributed by atoms with Crippen molar-refractivity contribution in [3.63, 3.8) is 0 Å². The number of ether oxygens (including phenoxy) is 1. The molecule has 1 saturated heterocycles. The van der Waals surface area contributed by atoms with Crippen molar-refractivity contribution in [3.05, 3.63) is 54.6 Å². The zero-order valence-corrected chi connectivity index (χ0v) is 13.4. The second-order valence-corrected chi connectivity index (χ2v) is 5.79. The zero-order valence-electron chi connectivity index (χ0n) is 13.4. The number of carbonyl (C=O) groups is 1. The third kappa shape index (κ3) is 3.90. The number of hydrogen-bond acceptors (Lipinski definition) is 3. The van der Waals surface area contributed by atoms with Crippen LogP contribution in [-0.2, 0) is 9.53 Å². The van der Waals surface area contributed by atoms with Gasteiger partial charge in [0.2, 0.25) is 5.91 Å². The van der Waals surface area contributed by atoms with Crippen LogP contribution in [0.1, 0.15) is 6.92 Å². The fourth-order valence-corrected chi connectivity index (χ4v) is 2.83. The minimum atomic E-state index is 0.114. The molecule has 0 aliphatic carbocycles. The maximum atomic E-state index is 12.4. The molecule has 0 radical (unpaired) electrons. The van der Waals surface area contributed by atoms with E-state index in [1.54, 1.807) is 0 Å². The predicted molar refractivity (Wildman–Crippen MR) is 92.4 cm³/mol. The molecular weight excluding hydrogens is 288 g/mol. The first kappa shape index (κ1) is 15.6. The molecule has 4 nitrogen and oxygen atoms in total. The summed E-state index contributed by atoms with van der Waals surface area (Å²) in [6, 6.07) is 18.3. The molecule has 4 heteroatoms. The van der Waals surface area contributed by atoms with Crippen molar-refractivity contribution in [2.24, 2.45) is 0 Å². The van der Waals surface area contributed by atoms with E-state index in [1.807, 2.05) is 48.2 Å². The second kappa shape index (κ2) is 7.29. The van der Waals surface area contributed by atoms with Crippen molar-refractivity contribution in [2.45, 2.75) is 13.0 Å². The van der Waals surface area contributed by atoms with Gasteiger partial charge in [-0.25, -0.2) is 0 Å². The van der Waals surface area contributed by atoms with Gasteiger partial charge in [-0.2, -0.15) is 0 Å². The molecule has 2 aromatic carbocycles. The smallest absolute Gasteiger partial charge is 0.242 e. The number of nitrogens with zero attached hydrogens (tertiary/aromatic N) is 1. The monoisotopic (exact) mass is 310 g/mol. The van der Waals surface area contributed by atoms with Gasteiger partial charge in [-0.3, -0.25) is 4.79 Å². The largest absolute Gasteiger partial charge is 0.376 e. The number of anilines is 1. The highest BCUT2D eigenvalue weighted by atomic mass is 16.5. The highest BCUT2D eigenvalue weighted by molar-refractivity contribution is 5.84. The van der Waals surface area contributed by atoms with E-state index in [0.717, 1.165) is 16.8 Å². The van der Waals surface area contributed by atoms with Crippen molar-refractivity contribution in [2.75, 3.05) is 31.6 Å². The van der Waals surface area contributed by atoms with Crippen LogP contribution in [-0.4, -0.2) is 43.2 Å². The van der Waals surface area contributed by atoms with Gasteiger partial charge in [0.15, 0.2) is 0 Å². The highest BCUT2D eigenvalue weighted by Gasteiger charge is 2.21. The van der Waals surface area contributed by atoms with Crippen LogP contribution in [0, 0.1) is 0 Å². The number of morpholine rings is 1. The van der Waals surface area contributed by atoms with Crippen LogP contribution in [0.15, 0.2) is 54.6 Å². The Morgan fingerprint density at radius 1 is 1.17 bits per heavy atom. The molecule has 120 valence electrons. The molecule has 3 rings (SSSR count). The molecule has 0 aromatic heterocycles. The fraction of sp³-hybridized carbons (Fsp3) is 0.316. The van der Waals surface area contributed by atoms with E-state index < -0.39 is 0 Å². The Hall–Kier alpha value is -2.33. The standard InChI is InChI=1S/C19H22N2O2/c1-15-14-21(11-12-23-15)19(22)13-20-18-10-6-5-9-17(18)16-7-3-2-4-8-16/h2-10,15,20H,11-14H2,1H3/t15-/m0/s1. The van der Waals surface area contributed by atoms with Crippen molar-refractivity contribution in [3.8, 4) is 11.1 Å². The molecule has 0 bridgehead atoms. The van der Waals surface area contributed by atoms with E-state index in [2.05, 4.69) is 23.5 Å². The molecule has 1 fully saturated rings. The number of nitrogens with one attached hydrogen (secondary N) is 1. The molecule has 1 heterocycles. The van der Waals surface area contributed by atoms with Crippen LogP contribution in [0.5, 0.6) is 0 Å². The van der Waals surface area contributed by atoms with Crippen LogP contribution >= 0.6 is 0 Å². The van der Waals surface area contributed by atoms with Crippen LogP contribution in [0.2, 0.25) is 0 Å². The van der Waals surface area contributed by atoms with Crippen LogP contribution in [0.4, 0.5) is 5.69 Å². The van der Waals surface area contributed by atoms with Crippen LogP contribution in [0.3, 0.4) is 0 Å². The summed E-state index contributed by atoms with van der Waals surface area (Å²) >= 11 is 0. The van der Waals surface area contributed by atoms with E-state index in [4.69, 9.17) is 4.74 Å². The molecule has 1 atom stereocenters. The molecule has 0 spiro atoms. The van der Waals surface area contributed by atoms with Crippen molar-refractivity contribution >= 4 is 11.6 Å². The Bertz CT molecular complexity index is 657. The molecule has 23 heavy (non-hydrogen) atoms. The van der Waals surface area contributed by atoms with E-state index in [1.165, 1.54) is 0 Å². The van der Waals surface area contributed by atoms with E-state index >= 15 is 0 Å². The van der Waals surface area contributed by atoms with Gasteiger partial charge in [0.1, 0.15) is 0 Å². The topological polar surface area (TPSA) is 41.6 Å².